The van der Waals surface area contributed by atoms with Gasteiger partial charge >= 0.3 is 0 Å². The van der Waals surface area contributed by atoms with Crippen LogP contribution in [0.4, 0.5) is 5.13 Å². The van der Waals surface area contributed by atoms with Crippen LogP contribution >= 0.6 is 11.3 Å². The second-order valence-electron chi connectivity index (χ2n) is 6.30. The van der Waals surface area contributed by atoms with E-state index in [1.807, 2.05) is 63.2 Å². The number of rotatable bonds is 5. The van der Waals surface area contributed by atoms with E-state index in [9.17, 15) is 4.79 Å². The highest BCUT2D eigenvalue weighted by molar-refractivity contribution is 7.18. The highest BCUT2D eigenvalue weighted by Gasteiger charge is 2.18. The van der Waals surface area contributed by atoms with E-state index in [4.69, 9.17) is 4.74 Å². The molecule has 0 spiro atoms. The van der Waals surface area contributed by atoms with Crippen molar-refractivity contribution in [1.82, 2.24) is 10.2 Å². The van der Waals surface area contributed by atoms with Gasteiger partial charge in [-0.25, -0.2) is 0 Å². The monoisotopic (exact) mass is 367 g/mol. The molecule has 1 atom stereocenters. The predicted octanol–water partition coefficient (Wildman–Crippen LogP) is 4.54. The zero-order valence-corrected chi connectivity index (χ0v) is 16.1. The fourth-order valence-electron chi connectivity index (χ4n) is 2.37. The van der Waals surface area contributed by atoms with Gasteiger partial charge in [0.15, 0.2) is 6.10 Å². The molecule has 0 fully saturated rings. The number of ether oxygens (including phenoxy) is 1. The van der Waals surface area contributed by atoms with Gasteiger partial charge in [-0.1, -0.05) is 53.3 Å². The smallest absolute Gasteiger partial charge is 0.266 e. The zero-order valence-electron chi connectivity index (χ0n) is 15.2. The summed E-state index contributed by atoms with van der Waals surface area (Å²) in [6.07, 6.45) is -0.637. The summed E-state index contributed by atoms with van der Waals surface area (Å²) in [6, 6.07) is 14.0. The van der Waals surface area contributed by atoms with E-state index in [2.05, 4.69) is 15.5 Å². The normalized spacial score (nSPS) is 11.8. The van der Waals surface area contributed by atoms with E-state index in [1.165, 1.54) is 16.9 Å². The Morgan fingerprint density at radius 1 is 1.04 bits per heavy atom. The van der Waals surface area contributed by atoms with Crippen LogP contribution < -0.4 is 10.1 Å². The van der Waals surface area contributed by atoms with Crippen molar-refractivity contribution >= 4 is 22.4 Å². The van der Waals surface area contributed by atoms with Crippen molar-refractivity contribution in [2.24, 2.45) is 0 Å². The van der Waals surface area contributed by atoms with Crippen LogP contribution in [0.3, 0.4) is 0 Å². The van der Waals surface area contributed by atoms with Gasteiger partial charge in [-0.3, -0.25) is 10.1 Å². The molecule has 3 rings (SSSR count). The van der Waals surface area contributed by atoms with Crippen LogP contribution in [0.5, 0.6) is 5.75 Å². The maximum atomic E-state index is 12.4. The van der Waals surface area contributed by atoms with Crippen LogP contribution in [0, 0.1) is 20.8 Å². The van der Waals surface area contributed by atoms with Gasteiger partial charge in [0.05, 0.1) is 0 Å². The lowest BCUT2D eigenvalue weighted by atomic mass is 10.1. The van der Waals surface area contributed by atoms with Gasteiger partial charge in [0.2, 0.25) is 5.13 Å². The quantitative estimate of drug-likeness (QED) is 0.719. The van der Waals surface area contributed by atoms with Gasteiger partial charge in [-0.15, -0.1) is 10.2 Å². The minimum atomic E-state index is -0.637. The molecule has 134 valence electrons. The summed E-state index contributed by atoms with van der Waals surface area (Å²) in [5.74, 6) is 0.461. The Bertz CT molecular complexity index is 919. The molecule has 1 N–H and O–H groups in total. The number of aromatic nitrogens is 2. The molecule has 1 amide bonds. The van der Waals surface area contributed by atoms with Crippen LogP contribution in [0.2, 0.25) is 0 Å². The fraction of sp³-hybridized carbons (Fsp3) is 0.250. The summed E-state index contributed by atoms with van der Waals surface area (Å²) >= 11 is 1.34. The number of anilines is 1. The van der Waals surface area contributed by atoms with Crippen molar-refractivity contribution < 1.29 is 9.53 Å². The van der Waals surface area contributed by atoms with Crippen LogP contribution in [0.15, 0.2) is 42.5 Å². The largest absolute Gasteiger partial charge is 0.481 e. The number of carbonyl (C=O) groups is 1. The summed E-state index contributed by atoms with van der Waals surface area (Å²) in [7, 11) is 0. The van der Waals surface area contributed by atoms with Crippen molar-refractivity contribution in [2.45, 2.75) is 33.8 Å². The van der Waals surface area contributed by atoms with Crippen molar-refractivity contribution in [3.8, 4) is 16.3 Å². The summed E-state index contributed by atoms with van der Waals surface area (Å²) in [5.41, 5.74) is 4.25. The average molecular weight is 367 g/mol. The Morgan fingerprint density at radius 3 is 2.46 bits per heavy atom. The van der Waals surface area contributed by atoms with E-state index in [0.717, 1.165) is 21.7 Å². The highest BCUT2D eigenvalue weighted by atomic mass is 32.1. The topological polar surface area (TPSA) is 64.1 Å². The second-order valence-corrected chi connectivity index (χ2v) is 7.27. The van der Waals surface area contributed by atoms with Crippen LogP contribution in [0.25, 0.3) is 10.6 Å². The maximum Gasteiger partial charge on any atom is 0.266 e. The summed E-state index contributed by atoms with van der Waals surface area (Å²) in [6.45, 7) is 7.70. The van der Waals surface area contributed by atoms with Crippen molar-refractivity contribution in [3.05, 3.63) is 59.2 Å². The molecule has 0 saturated carbocycles. The lowest BCUT2D eigenvalue weighted by molar-refractivity contribution is -0.122. The number of hydrogen-bond acceptors (Lipinski definition) is 5. The first-order valence-corrected chi connectivity index (χ1v) is 9.19. The summed E-state index contributed by atoms with van der Waals surface area (Å²) < 4.78 is 5.81. The molecule has 3 aromatic rings. The number of aryl methyl sites for hydroxylation is 3. The van der Waals surface area contributed by atoms with E-state index >= 15 is 0 Å². The van der Waals surface area contributed by atoms with E-state index in [1.54, 1.807) is 6.92 Å². The first-order chi connectivity index (χ1) is 12.4. The highest BCUT2D eigenvalue weighted by Crippen LogP contribution is 2.27. The third-order valence-electron chi connectivity index (χ3n) is 3.97. The first kappa shape index (κ1) is 18.1. The van der Waals surface area contributed by atoms with E-state index < -0.39 is 6.10 Å². The molecule has 2 aromatic carbocycles. The first-order valence-electron chi connectivity index (χ1n) is 8.37. The molecule has 1 heterocycles. The van der Waals surface area contributed by atoms with Gasteiger partial charge in [0, 0.05) is 5.56 Å². The molecule has 26 heavy (non-hydrogen) atoms. The molecule has 0 aliphatic carbocycles. The van der Waals surface area contributed by atoms with Gasteiger partial charge in [0.25, 0.3) is 5.91 Å². The fourth-order valence-corrected chi connectivity index (χ4v) is 3.12. The lowest BCUT2D eigenvalue weighted by Crippen LogP contribution is -2.30. The average Bonchev–Trinajstić information content (AvgIpc) is 3.07. The molecular formula is C20H21N3O2S. The molecule has 0 aliphatic heterocycles. The SMILES string of the molecule is Cc1ccc(-c2nnc(NC(=O)C(C)Oc3cc(C)ccc3C)s2)cc1. The Labute approximate surface area is 157 Å². The minimum Gasteiger partial charge on any atom is -0.481 e. The molecule has 6 heteroatoms. The number of carbonyl (C=O) groups excluding carboxylic acids is 1. The zero-order chi connectivity index (χ0) is 18.7. The third kappa shape index (κ3) is 4.26. The minimum absolute atomic E-state index is 0.252. The summed E-state index contributed by atoms with van der Waals surface area (Å²) in [5, 5.41) is 12.2. The molecule has 0 aliphatic rings. The number of amides is 1. The third-order valence-corrected chi connectivity index (χ3v) is 4.86. The Hall–Kier alpha value is -2.73. The number of nitrogens with one attached hydrogen (secondary N) is 1. The van der Waals surface area contributed by atoms with Crippen LogP contribution in [-0.4, -0.2) is 22.2 Å². The lowest BCUT2D eigenvalue weighted by Gasteiger charge is -2.15. The van der Waals surface area contributed by atoms with Gasteiger partial charge < -0.3 is 4.74 Å². The molecule has 1 unspecified atom stereocenters. The molecular weight excluding hydrogens is 346 g/mol. The molecule has 0 radical (unpaired) electrons. The van der Waals surface area contributed by atoms with Crippen molar-refractivity contribution in [3.63, 3.8) is 0 Å². The summed E-state index contributed by atoms with van der Waals surface area (Å²) in [4.78, 5) is 12.4. The predicted molar refractivity (Wildman–Crippen MR) is 105 cm³/mol. The molecule has 1 aromatic heterocycles. The van der Waals surface area contributed by atoms with E-state index in [0.29, 0.717) is 10.9 Å². The van der Waals surface area contributed by atoms with Crippen LogP contribution in [-0.2, 0) is 4.79 Å². The maximum absolute atomic E-state index is 12.4. The van der Waals surface area contributed by atoms with Gasteiger partial charge in [-0.2, -0.15) is 0 Å². The standard InChI is InChI=1S/C20H21N3O2S/c1-12-6-9-16(10-7-12)19-22-23-20(26-19)21-18(24)15(4)25-17-11-13(2)5-8-14(17)3/h5-11,15H,1-4H3,(H,21,23,24). The van der Waals surface area contributed by atoms with E-state index in [-0.39, 0.29) is 5.91 Å². The van der Waals surface area contributed by atoms with Crippen molar-refractivity contribution in [1.29, 1.82) is 0 Å². The number of benzene rings is 2. The van der Waals surface area contributed by atoms with Crippen LogP contribution in [0.1, 0.15) is 23.6 Å². The number of nitrogens with zero attached hydrogens (tertiary/aromatic N) is 2. The Balaban J connectivity index is 1.66. The Morgan fingerprint density at radius 2 is 1.73 bits per heavy atom. The Kier molecular flexibility index (Phi) is 5.32. The number of hydrogen-bond donors (Lipinski definition) is 1. The second kappa shape index (κ2) is 7.66. The molecule has 0 saturated heterocycles. The van der Waals surface area contributed by atoms with Gasteiger partial charge in [0.1, 0.15) is 10.8 Å². The van der Waals surface area contributed by atoms with Crippen molar-refractivity contribution in [2.75, 3.05) is 5.32 Å². The molecule has 5 nitrogen and oxygen atoms in total. The molecule has 0 bridgehead atoms. The van der Waals surface area contributed by atoms with Gasteiger partial charge in [-0.05, 0) is 44.9 Å².